The van der Waals surface area contributed by atoms with Gasteiger partial charge in [-0.15, -0.1) is 0 Å². The lowest BCUT2D eigenvalue weighted by Gasteiger charge is -2.17. The molecule has 118 valence electrons. The summed E-state index contributed by atoms with van der Waals surface area (Å²) in [6.45, 7) is 3.37. The van der Waals surface area contributed by atoms with Crippen LogP contribution in [-0.4, -0.2) is 21.8 Å². The highest BCUT2D eigenvalue weighted by Gasteiger charge is 2.19. The number of ketones is 2. The molecule has 2 aromatic carbocycles. The van der Waals surface area contributed by atoms with Gasteiger partial charge < -0.3 is 10.2 Å². The molecule has 0 atom stereocenters. The summed E-state index contributed by atoms with van der Waals surface area (Å²) in [7, 11) is 0. The van der Waals surface area contributed by atoms with Crippen molar-refractivity contribution in [2.75, 3.05) is 0 Å². The first-order valence-corrected chi connectivity index (χ1v) is 7.24. The van der Waals surface area contributed by atoms with E-state index in [-0.39, 0.29) is 41.8 Å². The molecule has 0 aliphatic heterocycles. The lowest BCUT2D eigenvalue weighted by atomic mass is 9.86. The van der Waals surface area contributed by atoms with Crippen LogP contribution in [0.15, 0.2) is 61.2 Å². The predicted octanol–water partition coefficient (Wildman–Crippen LogP) is 3.33. The van der Waals surface area contributed by atoms with E-state index in [0.717, 1.165) is 17.2 Å². The Morgan fingerprint density at radius 2 is 1.35 bits per heavy atom. The van der Waals surface area contributed by atoms with Gasteiger partial charge in [0.15, 0.2) is 5.78 Å². The zero-order valence-corrected chi connectivity index (χ0v) is 12.6. The summed E-state index contributed by atoms with van der Waals surface area (Å²) >= 11 is 0. The highest BCUT2D eigenvalue weighted by molar-refractivity contribution is 6.04. The lowest BCUT2D eigenvalue weighted by molar-refractivity contribution is -0.124. The summed E-state index contributed by atoms with van der Waals surface area (Å²) in [6, 6.07) is 13.2. The van der Waals surface area contributed by atoms with Crippen molar-refractivity contribution >= 4 is 11.6 Å². The van der Waals surface area contributed by atoms with Crippen LogP contribution in [0.25, 0.3) is 0 Å². The number of carbonyl (C=O) groups excluding carboxylic acids is 2. The number of phenolic OH excluding ortho intramolecular Hbond substituents is 2. The summed E-state index contributed by atoms with van der Waals surface area (Å²) in [5, 5.41) is 18.8. The number of Topliss-reactive ketones (excluding diaryl/α,β-unsaturated/α-hetero) is 1. The Labute approximate surface area is 134 Å². The van der Waals surface area contributed by atoms with Crippen molar-refractivity contribution in [2.24, 2.45) is 0 Å². The normalized spacial score (nSPS) is 10.5. The van der Waals surface area contributed by atoms with Crippen molar-refractivity contribution in [1.29, 1.82) is 0 Å². The molecule has 23 heavy (non-hydrogen) atoms. The second-order valence-corrected chi connectivity index (χ2v) is 5.33. The van der Waals surface area contributed by atoms with E-state index in [1.807, 2.05) is 0 Å². The number of hydrogen-bond donors (Lipinski definition) is 2. The molecule has 0 bridgehead atoms. The number of rotatable bonds is 7. The highest BCUT2D eigenvalue weighted by Crippen LogP contribution is 2.30. The van der Waals surface area contributed by atoms with Crippen LogP contribution < -0.4 is 0 Å². The number of hydrogen-bond acceptors (Lipinski definition) is 4. The smallest absolute Gasteiger partial charge is 0.162 e. The fourth-order valence-corrected chi connectivity index (χ4v) is 2.41. The molecular formula is C19H18O4. The van der Waals surface area contributed by atoms with Gasteiger partial charge in [0.05, 0.1) is 6.42 Å². The van der Waals surface area contributed by atoms with Crippen molar-refractivity contribution in [2.45, 2.75) is 18.8 Å². The average molecular weight is 310 g/mol. The van der Waals surface area contributed by atoms with E-state index in [1.54, 1.807) is 48.5 Å². The summed E-state index contributed by atoms with van der Waals surface area (Å²) in [5.41, 5.74) is 1.71. The molecule has 0 aliphatic carbocycles. The molecule has 4 heteroatoms. The topological polar surface area (TPSA) is 74.6 Å². The first kappa shape index (κ1) is 16.5. The molecular weight excluding hydrogens is 292 g/mol. The second kappa shape index (κ2) is 7.40. The molecule has 0 fully saturated rings. The van der Waals surface area contributed by atoms with Gasteiger partial charge in [0, 0.05) is 12.3 Å². The number of carbonyl (C=O) groups is 2. The predicted molar refractivity (Wildman–Crippen MR) is 87.5 cm³/mol. The van der Waals surface area contributed by atoms with E-state index < -0.39 is 0 Å². The van der Waals surface area contributed by atoms with E-state index in [0.29, 0.717) is 0 Å². The molecule has 0 amide bonds. The highest BCUT2D eigenvalue weighted by atomic mass is 16.3. The Kier molecular flexibility index (Phi) is 5.31. The third-order valence-corrected chi connectivity index (χ3v) is 3.62. The van der Waals surface area contributed by atoms with Gasteiger partial charge >= 0.3 is 0 Å². The molecule has 0 spiro atoms. The van der Waals surface area contributed by atoms with Crippen molar-refractivity contribution in [3.63, 3.8) is 0 Å². The molecule has 0 aromatic heterocycles. The van der Waals surface area contributed by atoms with E-state index in [9.17, 15) is 19.8 Å². The fraction of sp³-hybridized carbons (Fsp3) is 0.158. The number of allylic oxidation sites excluding steroid dienone is 1. The van der Waals surface area contributed by atoms with E-state index in [2.05, 4.69) is 6.58 Å². The third-order valence-electron chi connectivity index (χ3n) is 3.62. The number of aromatic hydroxyl groups is 2. The van der Waals surface area contributed by atoms with Crippen LogP contribution in [0.2, 0.25) is 0 Å². The molecule has 0 saturated carbocycles. The standard InChI is InChI=1S/C19H18O4/c1-2-15(20)11-18(23)12-19(13-3-7-16(21)8-4-13)14-5-9-17(22)10-6-14/h2-10,19,21-22H,1,11-12H2. The molecule has 0 saturated heterocycles. The maximum atomic E-state index is 12.1. The van der Waals surface area contributed by atoms with Crippen molar-refractivity contribution < 1.29 is 19.8 Å². The molecule has 0 heterocycles. The number of phenols is 2. The Morgan fingerprint density at radius 1 is 0.913 bits per heavy atom. The van der Waals surface area contributed by atoms with Crippen LogP contribution >= 0.6 is 0 Å². The fourth-order valence-electron chi connectivity index (χ4n) is 2.41. The van der Waals surface area contributed by atoms with Gasteiger partial charge in [0.2, 0.25) is 0 Å². The first-order chi connectivity index (χ1) is 11.0. The van der Waals surface area contributed by atoms with Crippen LogP contribution in [0.4, 0.5) is 0 Å². The second-order valence-electron chi connectivity index (χ2n) is 5.33. The summed E-state index contributed by atoms with van der Waals surface area (Å²) in [5.74, 6) is -0.440. The minimum absolute atomic E-state index is 0.145. The summed E-state index contributed by atoms with van der Waals surface area (Å²) in [6.07, 6.45) is 1.14. The molecule has 0 unspecified atom stereocenters. The van der Waals surface area contributed by atoms with Crippen LogP contribution in [0, 0.1) is 0 Å². The van der Waals surface area contributed by atoms with Gasteiger partial charge in [-0.25, -0.2) is 0 Å². The van der Waals surface area contributed by atoms with Gasteiger partial charge in [-0.1, -0.05) is 30.8 Å². The largest absolute Gasteiger partial charge is 0.508 e. The van der Waals surface area contributed by atoms with Gasteiger partial charge in [-0.3, -0.25) is 9.59 Å². The van der Waals surface area contributed by atoms with E-state index in [1.165, 1.54) is 0 Å². The molecule has 2 N–H and O–H groups in total. The minimum atomic E-state index is -0.301. The van der Waals surface area contributed by atoms with E-state index >= 15 is 0 Å². The zero-order chi connectivity index (χ0) is 16.8. The summed E-state index contributed by atoms with van der Waals surface area (Å²) < 4.78 is 0. The van der Waals surface area contributed by atoms with Crippen molar-refractivity contribution in [3.05, 3.63) is 72.3 Å². The van der Waals surface area contributed by atoms with Crippen LogP contribution in [-0.2, 0) is 9.59 Å². The third kappa shape index (κ3) is 4.54. The lowest BCUT2D eigenvalue weighted by Crippen LogP contribution is -2.11. The Bertz CT molecular complexity index is 654. The van der Waals surface area contributed by atoms with Gasteiger partial charge in [0.1, 0.15) is 17.3 Å². The maximum Gasteiger partial charge on any atom is 0.162 e. The van der Waals surface area contributed by atoms with Crippen molar-refractivity contribution in [1.82, 2.24) is 0 Å². The minimum Gasteiger partial charge on any atom is -0.508 e. The molecule has 0 radical (unpaired) electrons. The Hall–Kier alpha value is -2.88. The number of benzene rings is 2. The van der Waals surface area contributed by atoms with Gasteiger partial charge in [-0.05, 0) is 41.5 Å². The molecule has 2 aromatic rings. The monoisotopic (exact) mass is 310 g/mol. The average Bonchev–Trinajstić information content (AvgIpc) is 2.54. The van der Waals surface area contributed by atoms with Gasteiger partial charge in [0.25, 0.3) is 0 Å². The van der Waals surface area contributed by atoms with Crippen LogP contribution in [0.1, 0.15) is 29.9 Å². The van der Waals surface area contributed by atoms with Crippen LogP contribution in [0.3, 0.4) is 0 Å². The Morgan fingerprint density at radius 3 is 1.74 bits per heavy atom. The maximum absolute atomic E-state index is 12.1. The molecule has 4 nitrogen and oxygen atoms in total. The van der Waals surface area contributed by atoms with E-state index in [4.69, 9.17) is 0 Å². The van der Waals surface area contributed by atoms with Gasteiger partial charge in [-0.2, -0.15) is 0 Å². The molecule has 0 aliphatic rings. The zero-order valence-electron chi connectivity index (χ0n) is 12.6. The molecule has 2 rings (SSSR count). The SMILES string of the molecule is C=CC(=O)CC(=O)CC(c1ccc(O)cc1)c1ccc(O)cc1. The summed E-state index contributed by atoms with van der Waals surface area (Å²) in [4.78, 5) is 23.5. The Balaban J connectivity index is 2.29. The van der Waals surface area contributed by atoms with Crippen molar-refractivity contribution in [3.8, 4) is 11.5 Å². The van der Waals surface area contributed by atoms with Crippen LogP contribution in [0.5, 0.6) is 11.5 Å². The first-order valence-electron chi connectivity index (χ1n) is 7.24. The quantitative estimate of drug-likeness (QED) is 0.607.